The molecular formula is C11H14N2O. The molecule has 14 heavy (non-hydrogen) atoms. The van der Waals surface area contributed by atoms with Crippen LogP contribution in [0.3, 0.4) is 0 Å². The lowest BCUT2D eigenvalue weighted by atomic mass is 9.93. The van der Waals surface area contributed by atoms with Gasteiger partial charge in [-0.05, 0) is 19.4 Å². The lowest BCUT2D eigenvalue weighted by Crippen LogP contribution is -2.18. The molecule has 0 aromatic carbocycles. The number of nitrogens with zero attached hydrogens (tertiary/aromatic N) is 1. The number of aromatic nitrogens is 2. The Morgan fingerprint density at radius 3 is 3.07 bits per heavy atom. The molecule has 0 aliphatic heterocycles. The van der Waals surface area contributed by atoms with Crippen LogP contribution < -0.4 is 0 Å². The molecule has 74 valence electrons. The van der Waals surface area contributed by atoms with Gasteiger partial charge in [-0.15, -0.1) is 0 Å². The summed E-state index contributed by atoms with van der Waals surface area (Å²) in [7, 11) is 0. The van der Waals surface area contributed by atoms with Crippen LogP contribution in [0.5, 0.6) is 0 Å². The Hall–Kier alpha value is -1.35. The van der Waals surface area contributed by atoms with Crippen molar-refractivity contribution in [2.24, 2.45) is 0 Å². The SMILES string of the molecule is CCC(C)(O)c1c[nH]c2cnccc12. The zero-order chi connectivity index (χ0) is 10.2. The quantitative estimate of drug-likeness (QED) is 0.762. The van der Waals surface area contributed by atoms with Crippen molar-refractivity contribution in [1.29, 1.82) is 0 Å². The van der Waals surface area contributed by atoms with Gasteiger partial charge in [-0.25, -0.2) is 0 Å². The van der Waals surface area contributed by atoms with Gasteiger partial charge in [-0.1, -0.05) is 6.92 Å². The number of rotatable bonds is 2. The molecule has 2 aromatic rings. The first-order valence-corrected chi connectivity index (χ1v) is 4.79. The summed E-state index contributed by atoms with van der Waals surface area (Å²) in [5.41, 5.74) is 1.15. The van der Waals surface area contributed by atoms with Gasteiger partial charge in [0.1, 0.15) is 0 Å². The molecule has 2 aromatic heterocycles. The van der Waals surface area contributed by atoms with E-state index in [4.69, 9.17) is 0 Å². The van der Waals surface area contributed by atoms with Crippen molar-refractivity contribution in [2.75, 3.05) is 0 Å². The zero-order valence-corrected chi connectivity index (χ0v) is 8.41. The minimum atomic E-state index is -0.764. The summed E-state index contributed by atoms with van der Waals surface area (Å²) < 4.78 is 0. The third-order valence-electron chi connectivity index (χ3n) is 2.75. The zero-order valence-electron chi connectivity index (χ0n) is 8.41. The highest BCUT2D eigenvalue weighted by Gasteiger charge is 2.23. The molecule has 0 fully saturated rings. The molecule has 3 nitrogen and oxygen atoms in total. The summed E-state index contributed by atoms with van der Waals surface area (Å²) >= 11 is 0. The molecule has 2 rings (SSSR count). The van der Waals surface area contributed by atoms with E-state index in [-0.39, 0.29) is 0 Å². The number of aromatic amines is 1. The molecule has 2 heterocycles. The lowest BCUT2D eigenvalue weighted by molar-refractivity contribution is 0.0546. The van der Waals surface area contributed by atoms with Crippen molar-refractivity contribution in [3.8, 4) is 0 Å². The van der Waals surface area contributed by atoms with Crippen LogP contribution in [0.2, 0.25) is 0 Å². The molecule has 1 atom stereocenters. The summed E-state index contributed by atoms with van der Waals surface area (Å²) in [6, 6.07) is 1.92. The second-order valence-electron chi connectivity index (χ2n) is 3.75. The second-order valence-corrected chi connectivity index (χ2v) is 3.75. The number of hydrogen-bond acceptors (Lipinski definition) is 2. The Balaban J connectivity index is 2.64. The van der Waals surface area contributed by atoms with Crippen LogP contribution in [0.1, 0.15) is 25.8 Å². The molecule has 0 saturated carbocycles. The molecular weight excluding hydrogens is 176 g/mol. The third-order valence-corrected chi connectivity index (χ3v) is 2.75. The molecule has 3 heteroatoms. The maximum atomic E-state index is 10.1. The van der Waals surface area contributed by atoms with Gasteiger partial charge in [-0.2, -0.15) is 0 Å². The summed E-state index contributed by atoms with van der Waals surface area (Å²) in [6.45, 7) is 3.80. The van der Waals surface area contributed by atoms with E-state index < -0.39 is 5.60 Å². The summed E-state index contributed by atoms with van der Waals surface area (Å²) in [5, 5.41) is 11.2. The highest BCUT2D eigenvalue weighted by molar-refractivity contribution is 5.82. The van der Waals surface area contributed by atoms with Gasteiger partial charge in [0, 0.05) is 23.3 Å². The van der Waals surface area contributed by atoms with Crippen molar-refractivity contribution in [2.45, 2.75) is 25.9 Å². The molecule has 0 radical (unpaired) electrons. The topological polar surface area (TPSA) is 48.9 Å². The van der Waals surface area contributed by atoms with Gasteiger partial charge >= 0.3 is 0 Å². The van der Waals surface area contributed by atoms with Gasteiger partial charge < -0.3 is 10.1 Å². The third kappa shape index (κ3) is 1.30. The summed E-state index contributed by atoms with van der Waals surface area (Å²) in [6.07, 6.45) is 6.06. The van der Waals surface area contributed by atoms with Crippen LogP contribution >= 0.6 is 0 Å². The van der Waals surface area contributed by atoms with Crippen molar-refractivity contribution in [3.05, 3.63) is 30.2 Å². The monoisotopic (exact) mass is 190 g/mol. The predicted molar refractivity (Wildman–Crippen MR) is 56.0 cm³/mol. The Morgan fingerprint density at radius 2 is 2.36 bits per heavy atom. The minimum Gasteiger partial charge on any atom is -0.385 e. The van der Waals surface area contributed by atoms with E-state index in [0.717, 1.165) is 16.5 Å². The number of pyridine rings is 1. The van der Waals surface area contributed by atoms with Gasteiger partial charge in [-0.3, -0.25) is 4.98 Å². The van der Waals surface area contributed by atoms with E-state index in [0.29, 0.717) is 6.42 Å². The largest absolute Gasteiger partial charge is 0.385 e. The van der Waals surface area contributed by atoms with Crippen molar-refractivity contribution in [1.82, 2.24) is 9.97 Å². The lowest BCUT2D eigenvalue weighted by Gasteiger charge is -2.20. The normalized spacial score (nSPS) is 15.6. The molecule has 1 unspecified atom stereocenters. The van der Waals surface area contributed by atoms with Gasteiger partial charge in [0.2, 0.25) is 0 Å². The first-order valence-electron chi connectivity index (χ1n) is 4.79. The van der Waals surface area contributed by atoms with Crippen LogP contribution in [0.4, 0.5) is 0 Å². The highest BCUT2D eigenvalue weighted by Crippen LogP contribution is 2.30. The smallest absolute Gasteiger partial charge is 0.0886 e. The van der Waals surface area contributed by atoms with Crippen LogP contribution in [0.25, 0.3) is 10.9 Å². The summed E-state index contributed by atoms with van der Waals surface area (Å²) in [4.78, 5) is 7.13. The van der Waals surface area contributed by atoms with Crippen LogP contribution in [0.15, 0.2) is 24.7 Å². The predicted octanol–water partition coefficient (Wildman–Crippen LogP) is 2.18. The molecule has 0 aliphatic carbocycles. The second kappa shape index (κ2) is 3.10. The number of fused-ring (bicyclic) bond motifs is 1. The summed E-state index contributed by atoms with van der Waals surface area (Å²) in [5.74, 6) is 0. The standard InChI is InChI=1S/C11H14N2O/c1-3-11(2,14)9-6-13-10-7-12-5-4-8(9)10/h4-7,13-14H,3H2,1-2H3. The van der Waals surface area contributed by atoms with Crippen LogP contribution in [-0.4, -0.2) is 15.1 Å². The fraction of sp³-hybridized carbons (Fsp3) is 0.364. The van der Waals surface area contributed by atoms with Crippen molar-refractivity contribution >= 4 is 10.9 Å². The maximum absolute atomic E-state index is 10.1. The molecule has 0 spiro atoms. The van der Waals surface area contributed by atoms with Crippen molar-refractivity contribution < 1.29 is 5.11 Å². The van der Waals surface area contributed by atoms with Crippen LogP contribution in [0, 0.1) is 0 Å². The van der Waals surface area contributed by atoms with E-state index in [1.807, 2.05) is 26.1 Å². The molecule has 0 aliphatic rings. The van der Waals surface area contributed by atoms with Gasteiger partial charge in [0.25, 0.3) is 0 Å². The average molecular weight is 190 g/mol. The number of aliphatic hydroxyl groups is 1. The number of hydrogen-bond donors (Lipinski definition) is 2. The van der Waals surface area contributed by atoms with E-state index in [1.165, 1.54) is 0 Å². The fourth-order valence-corrected chi connectivity index (χ4v) is 1.61. The van der Waals surface area contributed by atoms with E-state index in [2.05, 4.69) is 9.97 Å². The Labute approximate surface area is 82.8 Å². The number of H-pyrrole nitrogens is 1. The molecule has 2 N–H and O–H groups in total. The average Bonchev–Trinajstić information content (AvgIpc) is 2.61. The number of nitrogens with one attached hydrogen (secondary N) is 1. The van der Waals surface area contributed by atoms with E-state index in [9.17, 15) is 5.11 Å². The first kappa shape index (κ1) is 9.21. The molecule has 0 amide bonds. The molecule has 0 bridgehead atoms. The Bertz CT molecular complexity index is 445. The van der Waals surface area contributed by atoms with Gasteiger partial charge in [0.15, 0.2) is 0 Å². The van der Waals surface area contributed by atoms with E-state index >= 15 is 0 Å². The fourth-order valence-electron chi connectivity index (χ4n) is 1.61. The minimum absolute atomic E-state index is 0.697. The van der Waals surface area contributed by atoms with Crippen molar-refractivity contribution in [3.63, 3.8) is 0 Å². The van der Waals surface area contributed by atoms with Crippen LogP contribution in [-0.2, 0) is 5.60 Å². The first-order chi connectivity index (χ1) is 6.65. The maximum Gasteiger partial charge on any atom is 0.0886 e. The highest BCUT2D eigenvalue weighted by atomic mass is 16.3. The Kier molecular flexibility index (Phi) is 2.04. The van der Waals surface area contributed by atoms with Gasteiger partial charge in [0.05, 0.1) is 17.3 Å². The molecule has 0 saturated heterocycles. The van der Waals surface area contributed by atoms with E-state index in [1.54, 1.807) is 12.4 Å². The Morgan fingerprint density at radius 1 is 1.57 bits per heavy atom.